The summed E-state index contributed by atoms with van der Waals surface area (Å²) in [6.45, 7) is 8.91. The molecule has 0 saturated carbocycles. The molecule has 0 bridgehead atoms. The van der Waals surface area contributed by atoms with E-state index in [2.05, 4.69) is 104 Å². The van der Waals surface area contributed by atoms with Crippen LogP contribution < -0.4 is 0 Å². The molecule has 0 heterocycles. The second-order valence-electron chi connectivity index (χ2n) is 32.1. The van der Waals surface area contributed by atoms with Crippen LogP contribution in [0.25, 0.3) is 0 Å². The highest BCUT2D eigenvalue weighted by Gasteiger charge is 2.40. The molecule has 17 nitrogen and oxygen atoms in total. The zero-order valence-electron chi connectivity index (χ0n) is 74.8. The Kier molecular flexibility index (Phi) is 42.1. The van der Waals surface area contributed by atoms with Crippen LogP contribution in [0.4, 0.5) is 0 Å². The lowest BCUT2D eigenvalue weighted by atomic mass is 9.80. The fraction of sp³-hybridized carbons (Fsp3) is 0.298. The molecule has 17 heteroatoms. The lowest BCUT2D eigenvalue weighted by Crippen LogP contribution is -2.38. The molecule has 0 saturated heterocycles. The van der Waals surface area contributed by atoms with Gasteiger partial charge in [-0.15, -0.1) is 6.58 Å². The average molecular weight is 1770 g/mol. The van der Waals surface area contributed by atoms with Crippen molar-refractivity contribution >= 4 is 0 Å². The van der Waals surface area contributed by atoms with Crippen LogP contribution in [0.3, 0.4) is 0 Å². The monoisotopic (exact) mass is 1760 g/mol. The van der Waals surface area contributed by atoms with Crippen molar-refractivity contribution in [1.29, 1.82) is 0 Å². The predicted octanol–water partition coefficient (Wildman–Crippen LogP) is 20.8. The highest BCUT2D eigenvalue weighted by molar-refractivity contribution is 5.49. The summed E-state index contributed by atoms with van der Waals surface area (Å²) in [6, 6.07) is 133. The Labute approximate surface area is 773 Å². The molecule has 0 aliphatic rings. The number of hydrogen-bond donors (Lipinski definition) is 0. The van der Waals surface area contributed by atoms with E-state index in [1.807, 2.05) is 297 Å². The Morgan fingerprint density at radius 3 is 0.489 bits per heavy atom. The minimum atomic E-state index is -1.01. The summed E-state index contributed by atoms with van der Waals surface area (Å²) in [4.78, 5) is 0. The Morgan fingerprint density at radius 2 is 0.313 bits per heavy atom. The van der Waals surface area contributed by atoms with E-state index in [9.17, 15) is 0 Å². The lowest BCUT2D eigenvalue weighted by Gasteiger charge is -2.37. The first-order valence-corrected chi connectivity index (χ1v) is 45.4. The van der Waals surface area contributed by atoms with E-state index < -0.39 is 53.9 Å². The molecule has 682 valence electrons. The summed E-state index contributed by atoms with van der Waals surface area (Å²) in [7, 11) is 0. The topological polar surface area (TPSA) is 157 Å². The third kappa shape index (κ3) is 33.0. The maximum Gasteiger partial charge on any atom is 0.143 e. The lowest BCUT2D eigenvalue weighted by molar-refractivity contribution is -0.143. The molecule has 8 atom stereocenters. The zero-order valence-corrected chi connectivity index (χ0v) is 74.8. The van der Waals surface area contributed by atoms with Gasteiger partial charge in [0.2, 0.25) is 0 Å². The van der Waals surface area contributed by atoms with Gasteiger partial charge in [-0.1, -0.05) is 400 Å². The van der Waals surface area contributed by atoms with Gasteiger partial charge in [0, 0.05) is 0 Å². The quantitative estimate of drug-likeness (QED) is 0.0201. The molecular weight excluding hydrogens is 1640 g/mol. The standard InChI is InChI=1S/C114H124O17/c1-2-68-115-76-105(122-69-92-42-16-3-17-43-92)77-116-78-106(123-70-93-44-18-4-19-45-93)79-117-84-109(85-118-80-107(124-71-94-46-20-5-21-47-94)82-120-87-111(127-74-97-52-26-8-27-53-97)90-130-113(99-56-30-10-31-57-99,100-58-32-11-33-59-100)101-60-34-12-35-61-101)129-89-110(126-73-96-50-24-7-25-51-96)86-119-81-108(125-72-95-48-22-6-23-49-95)83-121-88-112(128-75-98-54-28-9-29-55-98)91-131-114(102-62-36-13-37-63-102,103-64-38-14-39-65-103)104-66-40-15-41-67-104/h2-67,105-112H,1,68-91H2. The van der Waals surface area contributed by atoms with Gasteiger partial charge in [0.05, 0.1) is 159 Å². The molecule has 8 unspecified atom stereocenters. The zero-order chi connectivity index (χ0) is 89.8. The van der Waals surface area contributed by atoms with E-state index in [1.54, 1.807) is 6.08 Å². The second kappa shape index (κ2) is 56.6. The van der Waals surface area contributed by atoms with Gasteiger partial charge in [-0.3, -0.25) is 0 Å². The third-order valence-corrected chi connectivity index (χ3v) is 22.1. The van der Waals surface area contributed by atoms with Crippen LogP contribution in [0, 0.1) is 0 Å². The summed E-state index contributed by atoms with van der Waals surface area (Å²) in [6.07, 6.45) is -2.68. The number of rotatable bonds is 64. The second-order valence-corrected chi connectivity index (χ2v) is 32.1. The van der Waals surface area contributed by atoms with E-state index in [1.165, 1.54) is 0 Å². The molecule has 131 heavy (non-hydrogen) atoms. The number of benzene rings is 13. The Hall–Kier alpha value is -11.1. The number of ether oxygens (including phenoxy) is 17. The minimum Gasteiger partial charge on any atom is -0.376 e. The van der Waals surface area contributed by atoms with Crippen molar-refractivity contribution in [3.63, 3.8) is 0 Å². The first-order valence-electron chi connectivity index (χ1n) is 45.4. The van der Waals surface area contributed by atoms with E-state index in [4.69, 9.17) is 80.5 Å². The van der Waals surface area contributed by atoms with Crippen LogP contribution in [0.15, 0.2) is 407 Å². The van der Waals surface area contributed by atoms with Gasteiger partial charge in [0.15, 0.2) is 0 Å². The Balaban J connectivity index is 0.736. The number of hydrogen-bond acceptors (Lipinski definition) is 17. The summed E-state index contributed by atoms with van der Waals surface area (Å²) < 4.78 is 115. The fourth-order valence-corrected chi connectivity index (χ4v) is 15.2. The van der Waals surface area contributed by atoms with Gasteiger partial charge >= 0.3 is 0 Å². The largest absolute Gasteiger partial charge is 0.376 e. The van der Waals surface area contributed by atoms with Crippen LogP contribution in [-0.4, -0.2) is 161 Å². The molecule has 0 radical (unpaired) electrons. The van der Waals surface area contributed by atoms with Gasteiger partial charge in [0.1, 0.15) is 60.0 Å². The fourth-order valence-electron chi connectivity index (χ4n) is 15.2. The SMILES string of the molecule is C=CCOCC(COCC(COCC(COCC(COCC(COC(c1ccccc1)(c1ccccc1)c1ccccc1)OCc1ccccc1)OCc1ccccc1)OCC(COCC(COCC(COC(c1ccccc1)(c1ccccc1)c1ccccc1)OCc1ccccc1)OCc1ccccc1)OCc1ccccc1)OCc1ccccc1)OCc1ccccc1. The van der Waals surface area contributed by atoms with Crippen molar-refractivity contribution in [3.05, 3.63) is 479 Å². The van der Waals surface area contributed by atoms with Crippen molar-refractivity contribution in [2.24, 2.45) is 0 Å². The maximum atomic E-state index is 7.41. The van der Waals surface area contributed by atoms with Crippen LogP contribution in [0.1, 0.15) is 72.3 Å². The molecule has 0 fully saturated rings. The normalized spacial score (nSPS) is 13.6. The van der Waals surface area contributed by atoms with Crippen LogP contribution >= 0.6 is 0 Å². The summed E-state index contributed by atoms with van der Waals surface area (Å²) >= 11 is 0. The van der Waals surface area contributed by atoms with Gasteiger partial charge in [-0.2, -0.15) is 0 Å². The van der Waals surface area contributed by atoms with Gasteiger partial charge in [-0.25, -0.2) is 0 Å². The van der Waals surface area contributed by atoms with E-state index in [0.717, 1.165) is 72.3 Å². The van der Waals surface area contributed by atoms with Crippen LogP contribution in [0.5, 0.6) is 0 Å². The van der Waals surface area contributed by atoms with E-state index >= 15 is 0 Å². The highest BCUT2D eigenvalue weighted by Crippen LogP contribution is 2.43. The average Bonchev–Trinajstić information content (AvgIpc) is 0.761. The van der Waals surface area contributed by atoms with Crippen molar-refractivity contribution < 1.29 is 80.5 Å². The van der Waals surface area contributed by atoms with E-state index in [-0.39, 0.29) is 112 Å². The van der Waals surface area contributed by atoms with Crippen molar-refractivity contribution in [2.75, 3.05) is 112 Å². The summed E-state index contributed by atoms with van der Waals surface area (Å²) in [5, 5.41) is 0. The summed E-state index contributed by atoms with van der Waals surface area (Å²) in [5.74, 6) is 0. The Morgan fingerprint density at radius 1 is 0.168 bits per heavy atom. The van der Waals surface area contributed by atoms with Gasteiger partial charge < -0.3 is 80.5 Å². The molecule has 13 aromatic carbocycles. The van der Waals surface area contributed by atoms with Crippen LogP contribution in [-0.2, 0) is 138 Å². The minimum absolute atomic E-state index is 0.0748. The van der Waals surface area contributed by atoms with Crippen molar-refractivity contribution in [1.82, 2.24) is 0 Å². The third-order valence-electron chi connectivity index (χ3n) is 22.1. The predicted molar refractivity (Wildman–Crippen MR) is 511 cm³/mol. The first-order chi connectivity index (χ1) is 64.9. The van der Waals surface area contributed by atoms with Gasteiger partial charge in [0.25, 0.3) is 0 Å². The summed E-state index contributed by atoms with van der Waals surface area (Å²) in [5.41, 5.74) is 10.9. The molecular formula is C114H124O17. The van der Waals surface area contributed by atoms with E-state index in [0.29, 0.717) is 52.9 Å². The molecule has 0 spiro atoms. The molecule has 13 rings (SSSR count). The van der Waals surface area contributed by atoms with Crippen molar-refractivity contribution in [2.45, 2.75) is 106 Å². The molecule has 0 amide bonds. The highest BCUT2D eigenvalue weighted by atomic mass is 16.6. The molecule has 0 aliphatic carbocycles. The smallest absolute Gasteiger partial charge is 0.143 e. The van der Waals surface area contributed by atoms with Crippen molar-refractivity contribution in [3.8, 4) is 0 Å². The molecule has 13 aromatic rings. The molecule has 0 aromatic heterocycles. The first kappa shape index (κ1) is 97.4. The maximum absolute atomic E-state index is 7.41. The van der Waals surface area contributed by atoms with Crippen LogP contribution in [0.2, 0.25) is 0 Å². The Bertz CT molecular complexity index is 4900. The molecule has 0 aliphatic heterocycles. The molecule has 0 N–H and O–H groups in total. The van der Waals surface area contributed by atoms with Gasteiger partial charge in [-0.05, 0) is 72.3 Å².